The van der Waals surface area contributed by atoms with Crippen LogP contribution in [0.3, 0.4) is 0 Å². The van der Waals surface area contributed by atoms with Gasteiger partial charge in [-0.3, -0.25) is 0 Å². The maximum Gasteiger partial charge on any atom is 0.335 e. The van der Waals surface area contributed by atoms with Gasteiger partial charge in [0.2, 0.25) is 0 Å². The summed E-state index contributed by atoms with van der Waals surface area (Å²) in [6, 6.07) is 4.64. The highest BCUT2D eigenvalue weighted by molar-refractivity contribution is 8.01. The maximum absolute atomic E-state index is 12.1. The highest BCUT2D eigenvalue weighted by Gasteiger charge is 2.38. The van der Waals surface area contributed by atoms with Gasteiger partial charge >= 0.3 is 12.0 Å². The van der Waals surface area contributed by atoms with E-state index in [1.807, 2.05) is 27.7 Å². The van der Waals surface area contributed by atoms with Crippen molar-refractivity contribution < 1.29 is 14.7 Å². The van der Waals surface area contributed by atoms with E-state index in [4.69, 9.17) is 5.11 Å². The number of anilines is 1. The molecule has 6 nitrogen and oxygen atoms in total. The van der Waals surface area contributed by atoms with Crippen LogP contribution in [-0.2, 0) is 0 Å². The Morgan fingerprint density at radius 2 is 2.05 bits per heavy atom. The molecule has 1 aliphatic rings. The Morgan fingerprint density at radius 1 is 1.36 bits per heavy atom. The Hall–Kier alpha value is -1.89. The summed E-state index contributed by atoms with van der Waals surface area (Å²) in [6.45, 7) is 7.69. The van der Waals surface area contributed by atoms with E-state index in [1.54, 1.807) is 18.2 Å². The molecule has 0 saturated carbocycles. The molecule has 1 atom stereocenters. The van der Waals surface area contributed by atoms with E-state index in [9.17, 15) is 9.59 Å². The Bertz CT molecular complexity index is 613. The zero-order chi connectivity index (χ0) is 16.5. The van der Waals surface area contributed by atoms with Crippen molar-refractivity contribution in [1.29, 1.82) is 0 Å². The summed E-state index contributed by atoms with van der Waals surface area (Å²) in [5, 5.41) is 18.2. The van der Waals surface area contributed by atoms with Gasteiger partial charge < -0.3 is 21.1 Å². The lowest BCUT2D eigenvalue weighted by atomic mass is 10.1. The van der Waals surface area contributed by atoms with Crippen LogP contribution in [0.5, 0.6) is 0 Å². The SMILES string of the molecule is CCC1(NC(=O)NC(C)(C)C)Nc2ccc(C(=O)O)cc2S1. The van der Waals surface area contributed by atoms with E-state index >= 15 is 0 Å². The van der Waals surface area contributed by atoms with Gasteiger partial charge in [0.15, 0.2) is 4.99 Å². The van der Waals surface area contributed by atoms with Gasteiger partial charge in [-0.1, -0.05) is 18.7 Å². The van der Waals surface area contributed by atoms with E-state index in [1.165, 1.54) is 11.8 Å². The number of thioether (sulfide) groups is 1. The van der Waals surface area contributed by atoms with Crippen molar-refractivity contribution in [1.82, 2.24) is 10.6 Å². The van der Waals surface area contributed by atoms with Crippen LogP contribution in [0.25, 0.3) is 0 Å². The Labute approximate surface area is 134 Å². The molecule has 1 aliphatic heterocycles. The van der Waals surface area contributed by atoms with Crippen LogP contribution in [0, 0.1) is 0 Å². The number of carbonyl (C=O) groups is 2. The number of amides is 2. The minimum Gasteiger partial charge on any atom is -0.478 e. The Balaban J connectivity index is 2.17. The van der Waals surface area contributed by atoms with E-state index in [-0.39, 0.29) is 17.1 Å². The molecule has 1 heterocycles. The Morgan fingerprint density at radius 3 is 2.59 bits per heavy atom. The van der Waals surface area contributed by atoms with Gasteiger partial charge in [-0.05, 0) is 45.4 Å². The van der Waals surface area contributed by atoms with Crippen molar-refractivity contribution in [3.63, 3.8) is 0 Å². The summed E-state index contributed by atoms with van der Waals surface area (Å²) in [5.41, 5.74) is 0.734. The third kappa shape index (κ3) is 3.65. The number of carbonyl (C=O) groups excluding carboxylic acids is 1. The largest absolute Gasteiger partial charge is 0.478 e. The minimum absolute atomic E-state index is 0.235. The normalized spacial score (nSPS) is 20.0. The molecule has 4 N–H and O–H groups in total. The molecule has 1 unspecified atom stereocenters. The molecule has 1 aromatic carbocycles. The number of hydrogen-bond acceptors (Lipinski definition) is 4. The number of fused-ring (bicyclic) bond motifs is 1. The quantitative estimate of drug-likeness (QED) is 0.686. The van der Waals surface area contributed by atoms with E-state index in [0.29, 0.717) is 6.42 Å². The van der Waals surface area contributed by atoms with Gasteiger partial charge in [0, 0.05) is 10.4 Å². The second-order valence-electron chi connectivity index (χ2n) is 6.25. The molecule has 0 radical (unpaired) electrons. The van der Waals surface area contributed by atoms with Crippen LogP contribution in [0.4, 0.5) is 10.5 Å². The lowest BCUT2D eigenvalue weighted by Crippen LogP contribution is -2.56. The highest BCUT2D eigenvalue weighted by atomic mass is 32.2. The fraction of sp³-hybridized carbons (Fsp3) is 0.467. The maximum atomic E-state index is 12.1. The summed E-state index contributed by atoms with van der Waals surface area (Å²) in [5.74, 6) is -0.962. The number of benzene rings is 1. The first kappa shape index (κ1) is 16.5. The predicted molar refractivity (Wildman–Crippen MR) is 87.3 cm³/mol. The second kappa shape index (κ2) is 5.72. The summed E-state index contributed by atoms with van der Waals surface area (Å²) < 4.78 is 0. The van der Waals surface area contributed by atoms with E-state index in [0.717, 1.165) is 10.6 Å². The highest BCUT2D eigenvalue weighted by Crippen LogP contribution is 2.45. The van der Waals surface area contributed by atoms with Crippen molar-refractivity contribution >= 4 is 29.4 Å². The lowest BCUT2D eigenvalue weighted by molar-refractivity contribution is 0.0696. The summed E-state index contributed by atoms with van der Waals surface area (Å²) >= 11 is 1.42. The van der Waals surface area contributed by atoms with Crippen LogP contribution >= 0.6 is 11.8 Å². The predicted octanol–water partition coefficient (Wildman–Crippen LogP) is 3.06. The first-order chi connectivity index (χ1) is 10.1. The standard InChI is InChI=1S/C15H21N3O3S/c1-5-15(18-13(21)17-14(2,3)4)16-10-7-6-9(12(19)20)8-11(10)22-15/h6-8,16H,5H2,1-4H3,(H,19,20)(H2,17,18,21). The van der Waals surface area contributed by atoms with Crippen molar-refractivity contribution in [2.45, 2.75) is 49.5 Å². The zero-order valence-corrected chi connectivity index (χ0v) is 13.9. The topological polar surface area (TPSA) is 90.5 Å². The number of carboxylic acids is 1. The molecule has 22 heavy (non-hydrogen) atoms. The number of aromatic carboxylic acids is 1. The molecule has 0 aliphatic carbocycles. The Kier molecular flexibility index (Phi) is 4.28. The average Bonchev–Trinajstić information content (AvgIpc) is 2.73. The molecule has 0 fully saturated rings. The molecule has 7 heteroatoms. The van der Waals surface area contributed by atoms with Crippen molar-refractivity contribution in [3.8, 4) is 0 Å². The van der Waals surface area contributed by atoms with Crippen molar-refractivity contribution in [2.75, 3.05) is 5.32 Å². The summed E-state index contributed by atoms with van der Waals surface area (Å²) in [4.78, 5) is 23.3. The monoisotopic (exact) mass is 323 g/mol. The molecular formula is C15H21N3O3S. The van der Waals surface area contributed by atoms with Crippen molar-refractivity contribution in [2.24, 2.45) is 0 Å². The number of rotatable bonds is 3. The zero-order valence-electron chi connectivity index (χ0n) is 13.1. The van der Waals surface area contributed by atoms with E-state index in [2.05, 4.69) is 16.0 Å². The number of nitrogens with one attached hydrogen (secondary N) is 3. The van der Waals surface area contributed by atoms with Gasteiger partial charge in [-0.25, -0.2) is 9.59 Å². The molecular weight excluding hydrogens is 302 g/mol. The second-order valence-corrected chi connectivity index (χ2v) is 7.59. The molecule has 0 aromatic heterocycles. The summed E-state index contributed by atoms with van der Waals surface area (Å²) in [6.07, 6.45) is 0.645. The molecule has 0 saturated heterocycles. The van der Waals surface area contributed by atoms with Crippen LogP contribution in [0.2, 0.25) is 0 Å². The van der Waals surface area contributed by atoms with Crippen LogP contribution in [-0.4, -0.2) is 27.6 Å². The third-order valence-corrected chi connectivity index (χ3v) is 4.55. The number of hydrogen-bond donors (Lipinski definition) is 4. The van der Waals surface area contributed by atoms with Crippen LogP contribution < -0.4 is 16.0 Å². The van der Waals surface area contributed by atoms with E-state index < -0.39 is 11.0 Å². The van der Waals surface area contributed by atoms with Gasteiger partial charge in [-0.2, -0.15) is 0 Å². The number of urea groups is 1. The summed E-state index contributed by atoms with van der Waals surface area (Å²) in [7, 11) is 0. The van der Waals surface area contributed by atoms with Gasteiger partial charge in [0.05, 0.1) is 11.3 Å². The average molecular weight is 323 g/mol. The minimum atomic E-state index is -0.962. The van der Waals surface area contributed by atoms with Crippen LogP contribution in [0.1, 0.15) is 44.5 Å². The third-order valence-electron chi connectivity index (χ3n) is 3.15. The van der Waals surface area contributed by atoms with Gasteiger partial charge in [0.1, 0.15) is 0 Å². The first-order valence-corrected chi connectivity index (χ1v) is 7.91. The van der Waals surface area contributed by atoms with Crippen LogP contribution in [0.15, 0.2) is 23.1 Å². The fourth-order valence-corrected chi connectivity index (χ4v) is 3.37. The first-order valence-electron chi connectivity index (χ1n) is 7.09. The number of carboxylic acid groups (broad SMARTS) is 1. The molecule has 1 aromatic rings. The fourth-order valence-electron chi connectivity index (χ4n) is 2.13. The molecule has 0 spiro atoms. The van der Waals surface area contributed by atoms with Gasteiger partial charge in [0.25, 0.3) is 0 Å². The molecule has 2 rings (SSSR count). The molecule has 120 valence electrons. The molecule has 0 bridgehead atoms. The smallest absolute Gasteiger partial charge is 0.335 e. The lowest BCUT2D eigenvalue weighted by Gasteiger charge is -2.31. The van der Waals surface area contributed by atoms with Gasteiger partial charge in [-0.15, -0.1) is 0 Å². The van der Waals surface area contributed by atoms with Crippen molar-refractivity contribution in [3.05, 3.63) is 23.8 Å². The molecule has 2 amide bonds.